The Morgan fingerprint density at radius 3 is 2.74 bits per heavy atom. The van der Waals surface area contributed by atoms with Gasteiger partial charge in [-0.2, -0.15) is 5.26 Å². The Kier molecular flexibility index (Phi) is 6.57. The molecule has 4 rings (SSSR count). The fraction of sp³-hybridized carbons (Fsp3) is 0.333. The molecule has 0 atom stereocenters. The van der Waals surface area contributed by atoms with E-state index < -0.39 is 0 Å². The molecule has 1 aromatic carbocycles. The third-order valence-electron chi connectivity index (χ3n) is 5.01. The predicted octanol–water partition coefficient (Wildman–Crippen LogP) is 2.78. The first-order valence-electron chi connectivity index (χ1n) is 9.99. The second-order valence-corrected chi connectivity index (χ2v) is 8.04. The van der Waals surface area contributed by atoms with Gasteiger partial charge in [-0.05, 0) is 36.4 Å². The largest absolute Gasteiger partial charge is 0.379 e. The number of carbonyl (C=O) groups excluding carboxylic acids is 1. The van der Waals surface area contributed by atoms with Crippen molar-refractivity contribution in [1.29, 1.82) is 5.26 Å². The van der Waals surface area contributed by atoms with Crippen LogP contribution in [-0.2, 0) is 4.74 Å². The van der Waals surface area contributed by atoms with Crippen molar-refractivity contribution in [3.05, 3.63) is 42.0 Å². The van der Waals surface area contributed by atoms with Crippen LogP contribution in [0.5, 0.6) is 0 Å². The number of nitriles is 1. The van der Waals surface area contributed by atoms with Gasteiger partial charge in [-0.1, -0.05) is 11.3 Å². The van der Waals surface area contributed by atoms with E-state index >= 15 is 0 Å². The molecular weight excluding hydrogens is 414 g/mol. The average molecular weight is 438 g/mol. The maximum atomic E-state index is 12.2. The van der Waals surface area contributed by atoms with Crippen molar-refractivity contribution in [1.82, 2.24) is 20.2 Å². The topological polar surface area (TPSA) is 106 Å². The van der Waals surface area contributed by atoms with E-state index in [9.17, 15) is 4.79 Å². The number of urea groups is 1. The molecule has 0 aliphatic carbocycles. The highest BCUT2D eigenvalue weighted by Crippen LogP contribution is 2.29. The molecule has 2 aromatic heterocycles. The summed E-state index contributed by atoms with van der Waals surface area (Å²) in [6, 6.07) is 12.9. The third-order valence-corrected chi connectivity index (χ3v) is 5.89. The number of amides is 2. The average Bonchev–Trinajstić information content (AvgIpc) is 3.20. The number of nitrogens with zero attached hydrogens (tertiary/aromatic N) is 5. The monoisotopic (exact) mass is 437 g/mol. The fourth-order valence-corrected chi connectivity index (χ4v) is 4.06. The number of morpholine rings is 1. The van der Waals surface area contributed by atoms with Gasteiger partial charge in [0.15, 0.2) is 5.13 Å². The zero-order valence-corrected chi connectivity index (χ0v) is 18.0. The molecule has 3 aromatic rings. The van der Waals surface area contributed by atoms with Crippen molar-refractivity contribution in [2.45, 2.75) is 0 Å². The van der Waals surface area contributed by atoms with Gasteiger partial charge in [0, 0.05) is 38.9 Å². The molecular formula is C21H23N7O2S. The van der Waals surface area contributed by atoms with Gasteiger partial charge in [0.2, 0.25) is 0 Å². The second-order valence-electron chi connectivity index (χ2n) is 7.07. The summed E-state index contributed by atoms with van der Waals surface area (Å²) in [6.45, 7) is 4.64. The summed E-state index contributed by atoms with van der Waals surface area (Å²) in [7, 11) is 1.91. The van der Waals surface area contributed by atoms with E-state index in [4.69, 9.17) is 10.00 Å². The summed E-state index contributed by atoms with van der Waals surface area (Å²) in [4.78, 5) is 26.2. The number of ether oxygens (including phenoxy) is 1. The maximum Gasteiger partial charge on any atom is 0.321 e. The van der Waals surface area contributed by atoms with Crippen LogP contribution in [0.15, 0.2) is 36.4 Å². The van der Waals surface area contributed by atoms with Crippen molar-refractivity contribution >= 4 is 44.4 Å². The van der Waals surface area contributed by atoms with Crippen LogP contribution in [0.4, 0.5) is 21.4 Å². The number of aromatic nitrogens is 2. The lowest BCUT2D eigenvalue weighted by molar-refractivity contribution is 0.0388. The van der Waals surface area contributed by atoms with Crippen molar-refractivity contribution in [3.8, 4) is 6.07 Å². The number of pyridine rings is 1. The second kappa shape index (κ2) is 9.70. The van der Waals surface area contributed by atoms with Crippen LogP contribution in [0.1, 0.15) is 5.56 Å². The molecule has 0 radical (unpaired) electrons. The minimum atomic E-state index is -0.276. The van der Waals surface area contributed by atoms with Gasteiger partial charge in [0.25, 0.3) is 0 Å². The van der Waals surface area contributed by atoms with Crippen LogP contribution in [0.25, 0.3) is 10.3 Å². The fourth-order valence-electron chi connectivity index (χ4n) is 3.23. The van der Waals surface area contributed by atoms with Gasteiger partial charge in [0.05, 0.1) is 24.8 Å². The molecule has 1 aliphatic heterocycles. The van der Waals surface area contributed by atoms with Gasteiger partial charge < -0.3 is 15.0 Å². The van der Waals surface area contributed by atoms with Crippen LogP contribution in [-0.4, -0.2) is 67.3 Å². The number of hydrogen-bond donors (Lipinski definition) is 2. The quantitative estimate of drug-likeness (QED) is 0.611. The summed E-state index contributed by atoms with van der Waals surface area (Å²) < 4.78 is 5.32. The van der Waals surface area contributed by atoms with Crippen molar-refractivity contribution in [3.63, 3.8) is 0 Å². The molecule has 0 unspecified atom stereocenters. The van der Waals surface area contributed by atoms with Gasteiger partial charge >= 0.3 is 6.03 Å². The van der Waals surface area contributed by atoms with Crippen LogP contribution in [0, 0.1) is 11.3 Å². The standard InChI is InChI=1S/C21H23N7O2S/c1-27(16-4-2-15(14-22)3-5-16)18-7-6-17-19(25-18)31-21(24-17)26-20(29)23-8-9-28-10-12-30-13-11-28/h2-7H,8-13H2,1H3,(H2,23,24,26,29). The number of rotatable bonds is 6. The number of hydrogen-bond acceptors (Lipinski definition) is 8. The smallest absolute Gasteiger partial charge is 0.321 e. The highest BCUT2D eigenvalue weighted by molar-refractivity contribution is 7.22. The number of thiazole rings is 1. The molecule has 0 saturated carbocycles. The number of fused-ring (bicyclic) bond motifs is 1. The van der Waals surface area contributed by atoms with Crippen LogP contribution in [0.3, 0.4) is 0 Å². The molecule has 2 N–H and O–H groups in total. The van der Waals surface area contributed by atoms with E-state index in [1.54, 1.807) is 12.1 Å². The lowest BCUT2D eigenvalue weighted by atomic mass is 10.2. The first kappa shape index (κ1) is 21.0. The third kappa shape index (κ3) is 5.27. The Morgan fingerprint density at radius 1 is 1.23 bits per heavy atom. The van der Waals surface area contributed by atoms with Gasteiger partial charge in [-0.25, -0.2) is 14.8 Å². The van der Waals surface area contributed by atoms with Crippen LogP contribution >= 0.6 is 11.3 Å². The molecule has 1 saturated heterocycles. The van der Waals surface area contributed by atoms with E-state index in [0.717, 1.165) is 54.7 Å². The number of benzene rings is 1. The Labute approximate surface area is 184 Å². The van der Waals surface area contributed by atoms with Crippen molar-refractivity contribution in [2.24, 2.45) is 0 Å². The van der Waals surface area contributed by atoms with Gasteiger partial charge in [0.1, 0.15) is 16.2 Å². The normalized spacial score (nSPS) is 14.2. The molecule has 1 fully saturated rings. The Balaban J connectivity index is 1.36. The molecule has 2 amide bonds. The maximum absolute atomic E-state index is 12.2. The lowest BCUT2D eigenvalue weighted by Crippen LogP contribution is -2.42. The zero-order valence-electron chi connectivity index (χ0n) is 17.2. The molecule has 31 heavy (non-hydrogen) atoms. The summed E-state index contributed by atoms with van der Waals surface area (Å²) in [5, 5.41) is 15.1. The molecule has 0 spiro atoms. The number of anilines is 3. The Bertz CT molecular complexity index is 1090. The highest BCUT2D eigenvalue weighted by atomic mass is 32.1. The van der Waals surface area contributed by atoms with E-state index in [1.807, 2.05) is 36.2 Å². The minimum Gasteiger partial charge on any atom is -0.379 e. The van der Waals surface area contributed by atoms with E-state index in [1.165, 1.54) is 11.3 Å². The molecule has 9 nitrogen and oxygen atoms in total. The first-order valence-corrected chi connectivity index (χ1v) is 10.8. The summed E-state index contributed by atoms with van der Waals surface area (Å²) in [5.74, 6) is 0.752. The summed E-state index contributed by atoms with van der Waals surface area (Å²) >= 11 is 1.33. The minimum absolute atomic E-state index is 0.276. The van der Waals surface area contributed by atoms with Crippen LogP contribution < -0.4 is 15.5 Å². The molecule has 10 heteroatoms. The first-order chi connectivity index (χ1) is 15.1. The predicted molar refractivity (Wildman–Crippen MR) is 121 cm³/mol. The molecule has 160 valence electrons. The van der Waals surface area contributed by atoms with Crippen molar-refractivity contribution in [2.75, 3.05) is 56.7 Å². The molecule has 1 aliphatic rings. The highest BCUT2D eigenvalue weighted by Gasteiger charge is 2.13. The Hall–Kier alpha value is -3.26. The van der Waals surface area contributed by atoms with Crippen LogP contribution in [0.2, 0.25) is 0 Å². The lowest BCUT2D eigenvalue weighted by Gasteiger charge is -2.26. The summed E-state index contributed by atoms with van der Waals surface area (Å²) in [5.41, 5.74) is 2.26. The SMILES string of the molecule is CN(c1ccc(C#N)cc1)c1ccc2nc(NC(=O)NCCN3CCOCC3)sc2n1. The summed E-state index contributed by atoms with van der Waals surface area (Å²) in [6.07, 6.45) is 0. The Morgan fingerprint density at radius 2 is 2.00 bits per heavy atom. The number of carbonyl (C=O) groups is 1. The zero-order chi connectivity index (χ0) is 21.6. The van der Waals surface area contributed by atoms with Gasteiger partial charge in [-0.15, -0.1) is 0 Å². The van der Waals surface area contributed by atoms with Gasteiger partial charge in [-0.3, -0.25) is 10.2 Å². The molecule has 3 heterocycles. The van der Waals surface area contributed by atoms with E-state index in [-0.39, 0.29) is 6.03 Å². The van der Waals surface area contributed by atoms with Crippen molar-refractivity contribution < 1.29 is 9.53 Å². The van der Waals surface area contributed by atoms with E-state index in [2.05, 4.69) is 31.6 Å². The van der Waals surface area contributed by atoms with E-state index in [0.29, 0.717) is 17.2 Å². The molecule has 0 bridgehead atoms. The number of nitrogens with one attached hydrogen (secondary N) is 2.